The van der Waals surface area contributed by atoms with Crippen molar-refractivity contribution >= 4 is 11.8 Å². The highest BCUT2D eigenvalue weighted by atomic mass is 19.2. The van der Waals surface area contributed by atoms with Crippen LogP contribution in [-0.4, -0.2) is 15.8 Å². The molecule has 1 aromatic carbocycles. The molecule has 0 radical (unpaired) electrons. The van der Waals surface area contributed by atoms with E-state index in [0.29, 0.717) is 11.4 Å². The average Bonchev–Trinajstić information content (AvgIpc) is 2.70. The summed E-state index contributed by atoms with van der Waals surface area (Å²) in [6, 6.07) is 4.34. The van der Waals surface area contributed by atoms with Crippen LogP contribution in [0.1, 0.15) is 24.2 Å². The zero-order valence-corrected chi connectivity index (χ0v) is 11.9. The van der Waals surface area contributed by atoms with Crippen LogP contribution >= 0.6 is 0 Å². The molecule has 0 aliphatic carbocycles. The zero-order chi connectivity index (χ0) is 15.6. The molecule has 0 aliphatic heterocycles. The molecule has 2 amide bonds. The standard InChI is InChI=1S/C14H16F2N4O/c1-8-6-13(20(3)19-8)18-14(21)17-9(2)10-4-5-11(15)12(16)7-10/h4-7,9H,1-3H3,(H2,17,18,21)/t9-/m0/s1. The number of rotatable bonds is 3. The van der Waals surface area contributed by atoms with Crippen LogP contribution in [0.2, 0.25) is 0 Å². The van der Waals surface area contributed by atoms with Gasteiger partial charge in [-0.2, -0.15) is 5.10 Å². The highest BCUT2D eigenvalue weighted by Crippen LogP contribution is 2.16. The summed E-state index contributed by atoms with van der Waals surface area (Å²) in [7, 11) is 1.71. The Kier molecular flexibility index (Phi) is 4.21. The number of aryl methyl sites for hydroxylation is 2. The van der Waals surface area contributed by atoms with Gasteiger partial charge in [-0.15, -0.1) is 0 Å². The Morgan fingerprint density at radius 3 is 2.57 bits per heavy atom. The lowest BCUT2D eigenvalue weighted by atomic mass is 10.1. The zero-order valence-electron chi connectivity index (χ0n) is 11.9. The van der Waals surface area contributed by atoms with E-state index in [1.807, 2.05) is 6.92 Å². The molecule has 1 aromatic heterocycles. The fourth-order valence-corrected chi connectivity index (χ4v) is 1.94. The third kappa shape index (κ3) is 3.56. The fourth-order valence-electron chi connectivity index (χ4n) is 1.94. The first-order chi connectivity index (χ1) is 9.86. The van der Waals surface area contributed by atoms with Crippen molar-refractivity contribution in [1.29, 1.82) is 0 Å². The van der Waals surface area contributed by atoms with E-state index in [9.17, 15) is 13.6 Å². The third-order valence-electron chi connectivity index (χ3n) is 3.03. The number of benzene rings is 1. The quantitative estimate of drug-likeness (QED) is 0.914. The maximum Gasteiger partial charge on any atom is 0.320 e. The SMILES string of the molecule is Cc1cc(NC(=O)N[C@@H](C)c2ccc(F)c(F)c2)n(C)n1. The number of carbonyl (C=O) groups is 1. The normalized spacial score (nSPS) is 12.0. The van der Waals surface area contributed by atoms with E-state index in [2.05, 4.69) is 15.7 Å². The maximum atomic E-state index is 13.2. The molecule has 0 fully saturated rings. The predicted molar refractivity (Wildman–Crippen MR) is 74.9 cm³/mol. The number of amides is 2. The van der Waals surface area contributed by atoms with Crippen LogP contribution in [0.3, 0.4) is 0 Å². The van der Waals surface area contributed by atoms with E-state index in [0.717, 1.165) is 17.8 Å². The Labute approximate surface area is 121 Å². The summed E-state index contributed by atoms with van der Waals surface area (Å²) in [6.45, 7) is 3.49. The summed E-state index contributed by atoms with van der Waals surface area (Å²) in [5, 5.41) is 9.39. The Morgan fingerprint density at radius 2 is 2.00 bits per heavy atom. The van der Waals surface area contributed by atoms with Gasteiger partial charge in [0.25, 0.3) is 0 Å². The Balaban J connectivity index is 2.01. The van der Waals surface area contributed by atoms with Gasteiger partial charge in [0, 0.05) is 13.1 Å². The number of halogens is 2. The molecule has 5 nitrogen and oxygen atoms in total. The van der Waals surface area contributed by atoms with Gasteiger partial charge < -0.3 is 5.32 Å². The van der Waals surface area contributed by atoms with Crippen molar-refractivity contribution in [2.75, 3.05) is 5.32 Å². The Hall–Kier alpha value is -2.44. The summed E-state index contributed by atoms with van der Waals surface area (Å²) in [5.74, 6) is -1.31. The first-order valence-electron chi connectivity index (χ1n) is 6.40. The van der Waals surface area contributed by atoms with Crippen molar-refractivity contribution in [3.63, 3.8) is 0 Å². The van der Waals surface area contributed by atoms with Gasteiger partial charge in [-0.3, -0.25) is 10.00 Å². The number of aromatic nitrogens is 2. The number of carbonyl (C=O) groups excluding carboxylic acids is 1. The molecule has 0 unspecified atom stereocenters. The minimum absolute atomic E-state index is 0.449. The molecule has 112 valence electrons. The second-order valence-electron chi connectivity index (χ2n) is 4.79. The second kappa shape index (κ2) is 5.90. The van der Waals surface area contributed by atoms with E-state index >= 15 is 0 Å². The summed E-state index contributed by atoms with van der Waals surface area (Å²) in [5.41, 5.74) is 1.26. The van der Waals surface area contributed by atoms with Gasteiger partial charge in [0.15, 0.2) is 11.6 Å². The summed E-state index contributed by atoms with van der Waals surface area (Å²) < 4.78 is 27.6. The molecular formula is C14H16F2N4O. The summed E-state index contributed by atoms with van der Waals surface area (Å²) >= 11 is 0. The molecule has 0 spiro atoms. The molecule has 0 aliphatic rings. The predicted octanol–water partition coefficient (Wildman–Crippen LogP) is 2.89. The number of hydrogen-bond donors (Lipinski definition) is 2. The van der Waals surface area contributed by atoms with E-state index in [1.54, 1.807) is 20.0 Å². The summed E-state index contributed by atoms with van der Waals surface area (Å²) in [6.07, 6.45) is 0. The van der Waals surface area contributed by atoms with Crippen LogP contribution in [0.4, 0.5) is 19.4 Å². The van der Waals surface area contributed by atoms with Gasteiger partial charge in [0.1, 0.15) is 5.82 Å². The van der Waals surface area contributed by atoms with Gasteiger partial charge in [0.2, 0.25) is 0 Å². The summed E-state index contributed by atoms with van der Waals surface area (Å²) in [4.78, 5) is 11.9. The van der Waals surface area contributed by atoms with Gasteiger partial charge in [-0.1, -0.05) is 6.07 Å². The fraction of sp³-hybridized carbons (Fsp3) is 0.286. The molecule has 0 bridgehead atoms. The Bertz CT molecular complexity index is 669. The number of nitrogens with zero attached hydrogens (tertiary/aromatic N) is 2. The van der Waals surface area contributed by atoms with Gasteiger partial charge >= 0.3 is 6.03 Å². The lowest BCUT2D eigenvalue weighted by molar-refractivity contribution is 0.249. The lowest BCUT2D eigenvalue weighted by Gasteiger charge is -2.15. The monoisotopic (exact) mass is 294 g/mol. The molecule has 2 rings (SSSR count). The molecule has 21 heavy (non-hydrogen) atoms. The van der Waals surface area contributed by atoms with Crippen LogP contribution in [0.15, 0.2) is 24.3 Å². The Morgan fingerprint density at radius 1 is 1.29 bits per heavy atom. The van der Waals surface area contributed by atoms with Gasteiger partial charge in [-0.25, -0.2) is 13.6 Å². The van der Waals surface area contributed by atoms with Crippen molar-refractivity contribution in [2.45, 2.75) is 19.9 Å². The van der Waals surface area contributed by atoms with Crippen LogP contribution < -0.4 is 10.6 Å². The van der Waals surface area contributed by atoms with Crippen molar-refractivity contribution in [2.24, 2.45) is 7.05 Å². The number of anilines is 1. The van der Waals surface area contributed by atoms with Gasteiger partial charge in [-0.05, 0) is 31.5 Å². The first kappa shape index (κ1) is 15.0. The third-order valence-corrected chi connectivity index (χ3v) is 3.03. The van der Waals surface area contributed by atoms with Crippen molar-refractivity contribution < 1.29 is 13.6 Å². The lowest BCUT2D eigenvalue weighted by Crippen LogP contribution is -2.31. The number of hydrogen-bond acceptors (Lipinski definition) is 2. The van der Waals surface area contributed by atoms with Crippen molar-refractivity contribution in [1.82, 2.24) is 15.1 Å². The molecule has 2 N–H and O–H groups in total. The molecule has 7 heteroatoms. The van der Waals surface area contributed by atoms with Crippen LogP contribution in [0, 0.1) is 18.6 Å². The molecule has 0 saturated heterocycles. The molecule has 2 aromatic rings. The minimum atomic E-state index is -0.941. The minimum Gasteiger partial charge on any atom is -0.331 e. The second-order valence-corrected chi connectivity index (χ2v) is 4.79. The molecular weight excluding hydrogens is 278 g/mol. The topological polar surface area (TPSA) is 59.0 Å². The van der Waals surface area contributed by atoms with E-state index in [1.165, 1.54) is 10.7 Å². The highest BCUT2D eigenvalue weighted by molar-refractivity contribution is 5.88. The smallest absolute Gasteiger partial charge is 0.320 e. The van der Waals surface area contributed by atoms with Crippen molar-refractivity contribution in [3.8, 4) is 0 Å². The average molecular weight is 294 g/mol. The van der Waals surface area contributed by atoms with Gasteiger partial charge in [0.05, 0.1) is 11.7 Å². The van der Waals surface area contributed by atoms with Crippen LogP contribution in [-0.2, 0) is 7.05 Å². The molecule has 0 saturated carbocycles. The first-order valence-corrected chi connectivity index (χ1v) is 6.40. The van der Waals surface area contributed by atoms with E-state index in [-0.39, 0.29) is 0 Å². The highest BCUT2D eigenvalue weighted by Gasteiger charge is 2.13. The molecule has 1 atom stereocenters. The van der Waals surface area contributed by atoms with Crippen LogP contribution in [0.5, 0.6) is 0 Å². The van der Waals surface area contributed by atoms with Crippen molar-refractivity contribution in [3.05, 3.63) is 47.2 Å². The van der Waals surface area contributed by atoms with E-state index in [4.69, 9.17) is 0 Å². The van der Waals surface area contributed by atoms with E-state index < -0.39 is 23.7 Å². The number of urea groups is 1. The van der Waals surface area contributed by atoms with Crippen LogP contribution in [0.25, 0.3) is 0 Å². The largest absolute Gasteiger partial charge is 0.331 e. The number of nitrogens with one attached hydrogen (secondary N) is 2. The molecule has 1 heterocycles. The maximum absolute atomic E-state index is 13.2.